The highest BCUT2D eigenvalue weighted by Gasteiger charge is 2.15. The molecular weight excluding hydrogens is 166 g/mol. The molecule has 0 aliphatic carbocycles. The zero-order valence-electron chi connectivity index (χ0n) is 7.86. The van der Waals surface area contributed by atoms with Gasteiger partial charge in [-0.3, -0.25) is 0 Å². The summed E-state index contributed by atoms with van der Waals surface area (Å²) in [5.41, 5.74) is 0. The Morgan fingerprint density at radius 1 is 1.69 bits per heavy atom. The minimum atomic E-state index is 0.287. The van der Waals surface area contributed by atoms with Crippen LogP contribution in [0.2, 0.25) is 0 Å². The van der Waals surface area contributed by atoms with Crippen LogP contribution in [0.4, 0.5) is 0 Å². The van der Waals surface area contributed by atoms with Crippen LogP contribution in [0.1, 0.15) is 12.8 Å². The Bertz CT molecular complexity index is 266. The maximum absolute atomic E-state index is 5.72. The monoisotopic (exact) mass is 181 g/mol. The molecule has 4 nitrogen and oxygen atoms in total. The van der Waals surface area contributed by atoms with Crippen LogP contribution < -0.4 is 10.1 Å². The highest BCUT2D eigenvalue weighted by molar-refractivity contribution is 4.98. The van der Waals surface area contributed by atoms with Crippen molar-refractivity contribution < 1.29 is 4.74 Å². The van der Waals surface area contributed by atoms with Crippen LogP contribution >= 0.6 is 0 Å². The van der Waals surface area contributed by atoms with E-state index in [9.17, 15) is 0 Å². The molecule has 1 aliphatic heterocycles. The average molecular weight is 181 g/mol. The van der Waals surface area contributed by atoms with Crippen molar-refractivity contribution in [3.63, 3.8) is 0 Å². The van der Waals surface area contributed by atoms with Crippen LogP contribution in [0.5, 0.6) is 6.01 Å². The molecule has 0 amide bonds. The zero-order chi connectivity index (χ0) is 9.10. The van der Waals surface area contributed by atoms with Gasteiger partial charge in [0, 0.05) is 26.0 Å². The second kappa shape index (κ2) is 3.79. The molecule has 0 radical (unpaired) electrons. The van der Waals surface area contributed by atoms with Crippen molar-refractivity contribution in [2.24, 2.45) is 7.05 Å². The lowest BCUT2D eigenvalue weighted by Crippen LogP contribution is -2.37. The number of hydrogen-bond acceptors (Lipinski definition) is 3. The molecule has 0 bridgehead atoms. The van der Waals surface area contributed by atoms with Crippen LogP contribution in [-0.2, 0) is 7.05 Å². The first-order chi connectivity index (χ1) is 6.36. The number of nitrogens with zero attached hydrogens (tertiary/aromatic N) is 2. The van der Waals surface area contributed by atoms with Crippen LogP contribution in [0, 0.1) is 0 Å². The standard InChI is InChI=1S/C9H15N3O/c1-12-6-5-11-9(12)13-8-3-2-4-10-7-8/h5-6,8,10H,2-4,7H2,1H3/t8-/m0/s1. The third-order valence-corrected chi connectivity index (χ3v) is 2.30. The zero-order valence-corrected chi connectivity index (χ0v) is 7.86. The summed E-state index contributed by atoms with van der Waals surface area (Å²) in [7, 11) is 1.94. The smallest absolute Gasteiger partial charge is 0.296 e. The van der Waals surface area contributed by atoms with Gasteiger partial charge in [-0.2, -0.15) is 0 Å². The van der Waals surface area contributed by atoms with E-state index in [1.54, 1.807) is 6.20 Å². The third-order valence-electron chi connectivity index (χ3n) is 2.30. The highest BCUT2D eigenvalue weighted by atomic mass is 16.5. The number of ether oxygens (including phenoxy) is 1. The van der Waals surface area contributed by atoms with Gasteiger partial charge in [0.2, 0.25) is 0 Å². The molecule has 1 saturated heterocycles. The van der Waals surface area contributed by atoms with Gasteiger partial charge < -0.3 is 14.6 Å². The molecule has 1 aromatic rings. The summed E-state index contributed by atoms with van der Waals surface area (Å²) < 4.78 is 7.61. The number of rotatable bonds is 2. The van der Waals surface area contributed by atoms with Crippen molar-refractivity contribution in [1.82, 2.24) is 14.9 Å². The minimum absolute atomic E-state index is 0.287. The fourth-order valence-corrected chi connectivity index (χ4v) is 1.53. The summed E-state index contributed by atoms with van der Waals surface area (Å²) in [6, 6.07) is 0.716. The fraction of sp³-hybridized carbons (Fsp3) is 0.667. The topological polar surface area (TPSA) is 39.1 Å². The summed E-state index contributed by atoms with van der Waals surface area (Å²) >= 11 is 0. The molecular formula is C9H15N3O. The van der Waals surface area contributed by atoms with Gasteiger partial charge in [-0.1, -0.05) is 0 Å². The Labute approximate surface area is 77.9 Å². The highest BCUT2D eigenvalue weighted by Crippen LogP contribution is 2.11. The van der Waals surface area contributed by atoms with E-state index < -0.39 is 0 Å². The SMILES string of the molecule is Cn1ccnc1O[C@H]1CCCNC1. The van der Waals surface area contributed by atoms with Crippen molar-refractivity contribution in [3.05, 3.63) is 12.4 Å². The number of aryl methyl sites for hydroxylation is 1. The number of aromatic nitrogens is 2. The molecule has 1 N–H and O–H groups in total. The first-order valence-corrected chi connectivity index (χ1v) is 4.71. The number of piperidine rings is 1. The Kier molecular flexibility index (Phi) is 2.49. The number of imidazole rings is 1. The molecule has 1 fully saturated rings. The van der Waals surface area contributed by atoms with E-state index in [-0.39, 0.29) is 6.10 Å². The molecule has 1 aromatic heterocycles. The van der Waals surface area contributed by atoms with E-state index >= 15 is 0 Å². The van der Waals surface area contributed by atoms with Crippen molar-refractivity contribution >= 4 is 0 Å². The van der Waals surface area contributed by atoms with Crippen molar-refractivity contribution in [2.45, 2.75) is 18.9 Å². The van der Waals surface area contributed by atoms with E-state index in [0.717, 1.165) is 19.5 Å². The first kappa shape index (κ1) is 8.56. The van der Waals surface area contributed by atoms with E-state index in [0.29, 0.717) is 6.01 Å². The summed E-state index contributed by atoms with van der Waals surface area (Å²) in [4.78, 5) is 4.12. The molecule has 0 unspecified atom stereocenters. The molecule has 2 heterocycles. The number of nitrogens with one attached hydrogen (secondary N) is 1. The predicted molar refractivity (Wildman–Crippen MR) is 49.7 cm³/mol. The largest absolute Gasteiger partial charge is 0.460 e. The second-order valence-electron chi connectivity index (χ2n) is 3.41. The second-order valence-corrected chi connectivity index (χ2v) is 3.41. The summed E-state index contributed by atoms with van der Waals surface area (Å²) in [6.07, 6.45) is 6.25. The van der Waals surface area contributed by atoms with Crippen LogP contribution in [0.25, 0.3) is 0 Å². The molecule has 4 heteroatoms. The van der Waals surface area contributed by atoms with Crippen LogP contribution in [0.15, 0.2) is 12.4 Å². The summed E-state index contributed by atoms with van der Waals surface area (Å²) in [5.74, 6) is 0. The molecule has 1 atom stereocenters. The lowest BCUT2D eigenvalue weighted by molar-refractivity contribution is 0.149. The third kappa shape index (κ3) is 2.01. The van der Waals surface area contributed by atoms with E-state index in [1.807, 2.05) is 17.8 Å². The average Bonchev–Trinajstić information content (AvgIpc) is 2.54. The van der Waals surface area contributed by atoms with E-state index in [4.69, 9.17) is 4.74 Å². The molecule has 2 rings (SSSR count). The molecule has 13 heavy (non-hydrogen) atoms. The van der Waals surface area contributed by atoms with E-state index in [1.165, 1.54) is 6.42 Å². The lowest BCUT2D eigenvalue weighted by atomic mass is 10.1. The molecule has 72 valence electrons. The van der Waals surface area contributed by atoms with Gasteiger partial charge in [0.1, 0.15) is 6.10 Å². The van der Waals surface area contributed by atoms with Gasteiger partial charge in [0.15, 0.2) is 0 Å². The Hall–Kier alpha value is -1.03. The molecule has 0 saturated carbocycles. The molecule has 0 spiro atoms. The summed E-state index contributed by atoms with van der Waals surface area (Å²) in [6.45, 7) is 2.05. The Morgan fingerprint density at radius 2 is 2.62 bits per heavy atom. The number of hydrogen-bond donors (Lipinski definition) is 1. The van der Waals surface area contributed by atoms with Crippen molar-refractivity contribution in [2.75, 3.05) is 13.1 Å². The van der Waals surface area contributed by atoms with Crippen molar-refractivity contribution in [3.8, 4) is 6.01 Å². The van der Waals surface area contributed by atoms with E-state index in [2.05, 4.69) is 10.3 Å². The molecule has 0 aromatic carbocycles. The summed E-state index contributed by atoms with van der Waals surface area (Å²) in [5, 5.41) is 3.30. The van der Waals surface area contributed by atoms with Gasteiger partial charge in [0.25, 0.3) is 6.01 Å². The first-order valence-electron chi connectivity index (χ1n) is 4.71. The van der Waals surface area contributed by atoms with Gasteiger partial charge in [-0.25, -0.2) is 4.98 Å². The Balaban J connectivity index is 1.93. The van der Waals surface area contributed by atoms with Crippen LogP contribution in [-0.4, -0.2) is 28.7 Å². The fourth-order valence-electron chi connectivity index (χ4n) is 1.53. The van der Waals surface area contributed by atoms with Gasteiger partial charge in [0.05, 0.1) is 0 Å². The maximum atomic E-state index is 5.72. The molecule has 1 aliphatic rings. The quantitative estimate of drug-likeness (QED) is 0.724. The van der Waals surface area contributed by atoms with Gasteiger partial charge in [-0.15, -0.1) is 0 Å². The minimum Gasteiger partial charge on any atom is -0.460 e. The van der Waals surface area contributed by atoms with Crippen LogP contribution in [0.3, 0.4) is 0 Å². The van der Waals surface area contributed by atoms with Gasteiger partial charge in [-0.05, 0) is 19.4 Å². The lowest BCUT2D eigenvalue weighted by Gasteiger charge is -2.23. The van der Waals surface area contributed by atoms with Gasteiger partial charge >= 0.3 is 0 Å². The Morgan fingerprint density at radius 3 is 3.23 bits per heavy atom. The van der Waals surface area contributed by atoms with Crippen molar-refractivity contribution in [1.29, 1.82) is 0 Å². The normalized spacial score (nSPS) is 23.0. The predicted octanol–water partition coefficient (Wildman–Crippen LogP) is 0.551. The maximum Gasteiger partial charge on any atom is 0.296 e.